The molecule has 0 unspecified atom stereocenters. The zero-order chi connectivity index (χ0) is 9.80. The summed E-state index contributed by atoms with van der Waals surface area (Å²) in [4.78, 5) is 0. The van der Waals surface area contributed by atoms with Crippen molar-refractivity contribution in [3.63, 3.8) is 0 Å². The molecule has 0 atom stereocenters. The number of fused-ring (bicyclic) bond motifs is 1. The van der Waals surface area contributed by atoms with E-state index in [1.165, 1.54) is 11.1 Å². The van der Waals surface area contributed by atoms with Gasteiger partial charge in [-0.3, -0.25) is 0 Å². The Morgan fingerprint density at radius 1 is 1.29 bits per heavy atom. The van der Waals surface area contributed by atoms with Gasteiger partial charge in [-0.2, -0.15) is 5.26 Å². The molecule has 0 fully saturated rings. The van der Waals surface area contributed by atoms with Crippen LogP contribution in [0.5, 0.6) is 0 Å². The minimum atomic E-state index is 0.914. The molecule has 1 heterocycles. The average molecular weight is 182 g/mol. The fraction of sp³-hybridized carbons (Fsp3) is 0.250. The lowest BCUT2D eigenvalue weighted by atomic mass is 9.99. The zero-order valence-electron chi connectivity index (χ0n) is 7.80. The number of nitrogens with one attached hydrogen (secondary N) is 1. The van der Waals surface area contributed by atoms with E-state index in [4.69, 9.17) is 5.26 Å². The van der Waals surface area contributed by atoms with E-state index >= 15 is 0 Å². The molecule has 68 valence electrons. The van der Waals surface area contributed by atoms with E-state index in [0.717, 1.165) is 25.1 Å². The first-order valence-corrected chi connectivity index (χ1v) is 4.63. The van der Waals surface area contributed by atoms with Crippen molar-refractivity contribution in [2.75, 3.05) is 6.54 Å². The molecule has 1 aliphatic rings. The van der Waals surface area contributed by atoms with Crippen LogP contribution in [0.3, 0.4) is 0 Å². The maximum atomic E-state index is 8.33. The highest BCUT2D eigenvalue weighted by atomic mass is 14.9. The van der Waals surface area contributed by atoms with Gasteiger partial charge in [0.1, 0.15) is 0 Å². The van der Waals surface area contributed by atoms with Crippen LogP contribution in [0.2, 0.25) is 0 Å². The van der Waals surface area contributed by atoms with Gasteiger partial charge in [0.05, 0.1) is 0 Å². The minimum absolute atomic E-state index is 0.914. The fourth-order valence-electron chi connectivity index (χ4n) is 1.66. The van der Waals surface area contributed by atoms with Gasteiger partial charge in [-0.25, -0.2) is 0 Å². The van der Waals surface area contributed by atoms with Crippen molar-refractivity contribution >= 4 is 0 Å². The van der Waals surface area contributed by atoms with Crippen LogP contribution in [0, 0.1) is 23.2 Å². The third-order valence-corrected chi connectivity index (χ3v) is 2.36. The van der Waals surface area contributed by atoms with Crippen molar-refractivity contribution in [1.29, 1.82) is 5.26 Å². The average Bonchev–Trinajstić information content (AvgIpc) is 2.26. The lowest BCUT2D eigenvalue weighted by Gasteiger charge is -2.16. The Kier molecular flexibility index (Phi) is 2.49. The Labute approximate surface area is 83.6 Å². The highest BCUT2D eigenvalue weighted by Crippen LogP contribution is 2.15. The number of hydrogen-bond donors (Lipinski definition) is 1. The second kappa shape index (κ2) is 3.96. The van der Waals surface area contributed by atoms with E-state index in [0.29, 0.717) is 0 Å². The molecule has 2 rings (SSSR count). The van der Waals surface area contributed by atoms with Crippen molar-refractivity contribution < 1.29 is 0 Å². The molecule has 0 aromatic heterocycles. The number of nitriles is 1. The Balaban J connectivity index is 2.34. The topological polar surface area (TPSA) is 35.8 Å². The summed E-state index contributed by atoms with van der Waals surface area (Å²) in [5.74, 6) is 5.21. The summed E-state index contributed by atoms with van der Waals surface area (Å²) in [6, 6.07) is 7.97. The highest BCUT2D eigenvalue weighted by molar-refractivity contribution is 5.43. The van der Waals surface area contributed by atoms with Crippen LogP contribution in [0.25, 0.3) is 0 Å². The Bertz CT molecular complexity index is 444. The van der Waals surface area contributed by atoms with E-state index < -0.39 is 0 Å². The first-order valence-electron chi connectivity index (χ1n) is 4.63. The van der Waals surface area contributed by atoms with Crippen molar-refractivity contribution in [3.8, 4) is 17.9 Å². The molecule has 1 aromatic rings. The van der Waals surface area contributed by atoms with Crippen molar-refractivity contribution in [2.24, 2.45) is 0 Å². The van der Waals surface area contributed by atoms with Gasteiger partial charge in [0.15, 0.2) is 6.07 Å². The standard InChI is InChI=1S/C12H10N2/c13-6-1-2-10-3-4-11-5-7-14-9-12(11)8-10/h3-4,8,14H,5,7,9H2. The molecule has 0 saturated heterocycles. The molecule has 0 aliphatic carbocycles. The van der Waals surface area contributed by atoms with E-state index in [2.05, 4.69) is 29.3 Å². The van der Waals surface area contributed by atoms with E-state index in [1.54, 1.807) is 0 Å². The molecule has 0 bridgehead atoms. The van der Waals surface area contributed by atoms with Crippen LogP contribution >= 0.6 is 0 Å². The third kappa shape index (κ3) is 1.76. The quantitative estimate of drug-likeness (QED) is 0.612. The van der Waals surface area contributed by atoms with Crippen molar-refractivity contribution in [2.45, 2.75) is 13.0 Å². The SMILES string of the molecule is N#CC#Cc1ccc2c(c1)CNCC2. The highest BCUT2D eigenvalue weighted by Gasteiger charge is 2.07. The summed E-state index contributed by atoms with van der Waals surface area (Å²) in [6.07, 6.45) is 1.08. The first-order chi connectivity index (χ1) is 6.90. The summed E-state index contributed by atoms with van der Waals surface area (Å²) in [6.45, 7) is 1.97. The van der Waals surface area contributed by atoms with Crippen LogP contribution < -0.4 is 5.32 Å². The monoisotopic (exact) mass is 182 g/mol. The number of hydrogen-bond acceptors (Lipinski definition) is 2. The third-order valence-electron chi connectivity index (χ3n) is 2.36. The molecule has 2 heteroatoms. The van der Waals surface area contributed by atoms with E-state index in [1.807, 2.05) is 12.1 Å². The summed E-state index contributed by atoms with van der Waals surface area (Å²) in [7, 11) is 0. The van der Waals surface area contributed by atoms with Gasteiger partial charge >= 0.3 is 0 Å². The lowest BCUT2D eigenvalue weighted by Crippen LogP contribution is -2.23. The summed E-state index contributed by atoms with van der Waals surface area (Å²) in [5.41, 5.74) is 3.63. The summed E-state index contributed by atoms with van der Waals surface area (Å²) >= 11 is 0. The number of benzene rings is 1. The number of rotatable bonds is 0. The van der Waals surface area contributed by atoms with Crippen LogP contribution in [0.4, 0.5) is 0 Å². The second-order valence-corrected chi connectivity index (χ2v) is 3.27. The predicted octanol–water partition coefficient (Wildman–Crippen LogP) is 1.21. The lowest BCUT2D eigenvalue weighted by molar-refractivity contribution is 0.643. The zero-order valence-corrected chi connectivity index (χ0v) is 7.80. The molecule has 0 spiro atoms. The van der Waals surface area contributed by atoms with E-state index in [-0.39, 0.29) is 0 Å². The molecular formula is C12H10N2. The molecule has 1 N–H and O–H groups in total. The van der Waals surface area contributed by atoms with Crippen molar-refractivity contribution in [1.82, 2.24) is 5.32 Å². The van der Waals surface area contributed by atoms with Gasteiger partial charge in [0.25, 0.3) is 0 Å². The van der Waals surface area contributed by atoms with Crippen LogP contribution in [0.1, 0.15) is 16.7 Å². The van der Waals surface area contributed by atoms with Crippen LogP contribution in [0.15, 0.2) is 18.2 Å². The van der Waals surface area contributed by atoms with E-state index in [9.17, 15) is 0 Å². The second-order valence-electron chi connectivity index (χ2n) is 3.27. The molecule has 1 aliphatic heterocycles. The molecule has 0 saturated carbocycles. The van der Waals surface area contributed by atoms with Gasteiger partial charge in [0.2, 0.25) is 0 Å². The van der Waals surface area contributed by atoms with Gasteiger partial charge in [-0.15, -0.1) is 0 Å². The summed E-state index contributed by atoms with van der Waals surface area (Å²) < 4.78 is 0. The van der Waals surface area contributed by atoms with Gasteiger partial charge < -0.3 is 5.32 Å². The number of nitrogens with zero attached hydrogens (tertiary/aromatic N) is 1. The Hall–Kier alpha value is -1.77. The maximum absolute atomic E-state index is 8.33. The molecule has 2 nitrogen and oxygen atoms in total. The minimum Gasteiger partial charge on any atom is -0.312 e. The fourth-order valence-corrected chi connectivity index (χ4v) is 1.66. The normalized spacial score (nSPS) is 13.4. The Morgan fingerprint density at radius 3 is 3.07 bits per heavy atom. The summed E-state index contributed by atoms with van der Waals surface area (Å²) in [5, 5.41) is 11.6. The van der Waals surface area contributed by atoms with Crippen LogP contribution in [-0.2, 0) is 13.0 Å². The maximum Gasteiger partial charge on any atom is 0.152 e. The smallest absolute Gasteiger partial charge is 0.152 e. The molecule has 0 radical (unpaired) electrons. The molecular weight excluding hydrogens is 172 g/mol. The molecule has 14 heavy (non-hydrogen) atoms. The van der Waals surface area contributed by atoms with Crippen molar-refractivity contribution in [3.05, 3.63) is 34.9 Å². The van der Waals surface area contributed by atoms with Gasteiger partial charge in [-0.1, -0.05) is 12.0 Å². The Morgan fingerprint density at radius 2 is 2.21 bits per heavy atom. The van der Waals surface area contributed by atoms with Gasteiger partial charge in [-0.05, 0) is 36.2 Å². The molecule has 1 aromatic carbocycles. The van der Waals surface area contributed by atoms with Gasteiger partial charge in [0, 0.05) is 18.0 Å². The van der Waals surface area contributed by atoms with Crippen LogP contribution in [-0.4, -0.2) is 6.54 Å². The molecule has 0 amide bonds. The predicted molar refractivity (Wildman–Crippen MR) is 54.3 cm³/mol. The largest absolute Gasteiger partial charge is 0.312 e. The first kappa shape index (κ1) is 8.81.